The van der Waals surface area contributed by atoms with E-state index in [9.17, 15) is 0 Å². The van der Waals surface area contributed by atoms with Crippen molar-refractivity contribution in [2.75, 3.05) is 0 Å². The van der Waals surface area contributed by atoms with Gasteiger partial charge in [-0.1, -0.05) is 48.4 Å². The zero-order chi connectivity index (χ0) is 14.3. The summed E-state index contributed by atoms with van der Waals surface area (Å²) in [6.07, 6.45) is 0.929. The van der Waals surface area contributed by atoms with Crippen LogP contribution in [0.2, 0.25) is 10.4 Å². The Hall–Kier alpha value is -1.16. The van der Waals surface area contributed by atoms with Gasteiger partial charge in [0, 0.05) is 10.4 Å². The van der Waals surface area contributed by atoms with Crippen molar-refractivity contribution in [2.45, 2.75) is 20.3 Å². The van der Waals surface area contributed by atoms with Crippen LogP contribution in [0.4, 0.5) is 0 Å². The lowest BCUT2D eigenvalue weighted by Crippen LogP contribution is -1.86. The predicted octanol–water partition coefficient (Wildman–Crippen LogP) is 5.54. The summed E-state index contributed by atoms with van der Waals surface area (Å²) in [5.41, 5.74) is 3.51. The van der Waals surface area contributed by atoms with Crippen molar-refractivity contribution in [3.8, 4) is 11.1 Å². The first-order chi connectivity index (χ1) is 9.60. The Morgan fingerprint density at radius 3 is 2.45 bits per heavy atom. The van der Waals surface area contributed by atoms with Gasteiger partial charge in [-0.3, -0.25) is 0 Å². The number of hydrogen-bond acceptors (Lipinski definition) is 3. The van der Waals surface area contributed by atoms with Crippen LogP contribution in [0.5, 0.6) is 0 Å². The molecule has 0 radical (unpaired) electrons. The van der Waals surface area contributed by atoms with E-state index in [1.165, 1.54) is 10.4 Å². The highest BCUT2D eigenvalue weighted by atomic mass is 35.5. The van der Waals surface area contributed by atoms with E-state index in [1.807, 2.05) is 0 Å². The molecule has 5 heteroatoms. The highest BCUT2D eigenvalue weighted by molar-refractivity contribution is 7.19. The molecule has 0 bridgehead atoms. The van der Waals surface area contributed by atoms with E-state index in [0.717, 1.165) is 27.8 Å². The number of halogens is 2. The molecule has 3 rings (SSSR count). The molecule has 3 aromatic rings. The number of hydrogen-bond donors (Lipinski definition) is 0. The predicted molar refractivity (Wildman–Crippen MR) is 87.0 cm³/mol. The second-order valence-electron chi connectivity index (χ2n) is 4.58. The summed E-state index contributed by atoms with van der Waals surface area (Å²) >= 11 is 13.8. The van der Waals surface area contributed by atoms with Gasteiger partial charge in [0.2, 0.25) is 5.28 Å². The first-order valence-electron chi connectivity index (χ1n) is 6.31. The van der Waals surface area contributed by atoms with Gasteiger partial charge in [0.25, 0.3) is 0 Å². The third-order valence-electron chi connectivity index (χ3n) is 3.21. The van der Waals surface area contributed by atoms with Crippen LogP contribution in [-0.2, 0) is 6.42 Å². The summed E-state index contributed by atoms with van der Waals surface area (Å²) in [5.74, 6) is 0. The lowest BCUT2D eigenvalue weighted by molar-refractivity contribution is 1.19. The van der Waals surface area contributed by atoms with Crippen molar-refractivity contribution < 1.29 is 0 Å². The van der Waals surface area contributed by atoms with Crippen molar-refractivity contribution in [3.05, 3.63) is 45.1 Å². The third kappa shape index (κ3) is 2.30. The molecule has 0 unspecified atom stereocenters. The highest BCUT2D eigenvalue weighted by Crippen LogP contribution is 2.41. The molecule has 1 aromatic carbocycles. The maximum Gasteiger partial charge on any atom is 0.225 e. The minimum absolute atomic E-state index is 0.196. The van der Waals surface area contributed by atoms with Gasteiger partial charge in [0.15, 0.2) is 0 Å². The van der Waals surface area contributed by atoms with E-state index < -0.39 is 0 Å². The average molecular weight is 323 g/mol. The zero-order valence-electron chi connectivity index (χ0n) is 11.1. The number of aryl methyl sites for hydroxylation is 2. The summed E-state index contributed by atoms with van der Waals surface area (Å²) < 4.78 is 0. The monoisotopic (exact) mass is 322 g/mol. The van der Waals surface area contributed by atoms with E-state index in [-0.39, 0.29) is 5.28 Å². The quantitative estimate of drug-likeness (QED) is 0.457. The number of aromatic nitrogens is 2. The van der Waals surface area contributed by atoms with Crippen LogP contribution in [0.25, 0.3) is 21.3 Å². The Morgan fingerprint density at radius 2 is 1.80 bits per heavy atom. The Kier molecular flexibility index (Phi) is 3.67. The Morgan fingerprint density at radius 1 is 1.10 bits per heavy atom. The maximum absolute atomic E-state index is 6.29. The van der Waals surface area contributed by atoms with Crippen LogP contribution in [0.1, 0.15) is 17.4 Å². The number of nitrogens with zero attached hydrogens (tertiary/aromatic N) is 2. The number of benzene rings is 1. The number of thiophene rings is 1. The van der Waals surface area contributed by atoms with E-state index in [4.69, 9.17) is 23.2 Å². The van der Waals surface area contributed by atoms with Crippen LogP contribution in [-0.4, -0.2) is 9.97 Å². The Balaban J connectivity index is 2.35. The largest absolute Gasteiger partial charge is 0.225 e. The minimum atomic E-state index is 0.196. The fraction of sp³-hybridized carbons (Fsp3) is 0.200. The van der Waals surface area contributed by atoms with Crippen LogP contribution >= 0.6 is 34.5 Å². The van der Waals surface area contributed by atoms with Gasteiger partial charge < -0.3 is 0 Å². The average Bonchev–Trinajstić information content (AvgIpc) is 2.78. The van der Waals surface area contributed by atoms with Gasteiger partial charge in [-0.05, 0) is 30.5 Å². The summed E-state index contributed by atoms with van der Waals surface area (Å²) in [6, 6.07) is 8.42. The minimum Gasteiger partial charge on any atom is -0.207 e. The molecule has 0 spiro atoms. The molecule has 0 N–H and O–H groups in total. The molecule has 102 valence electrons. The topological polar surface area (TPSA) is 25.8 Å². The fourth-order valence-electron chi connectivity index (χ4n) is 2.26. The van der Waals surface area contributed by atoms with E-state index in [0.29, 0.717) is 5.15 Å². The molecule has 0 atom stereocenters. The molecule has 0 aliphatic rings. The molecular weight excluding hydrogens is 311 g/mol. The van der Waals surface area contributed by atoms with E-state index >= 15 is 0 Å². The lowest BCUT2D eigenvalue weighted by Gasteiger charge is -2.05. The zero-order valence-corrected chi connectivity index (χ0v) is 13.4. The van der Waals surface area contributed by atoms with Crippen molar-refractivity contribution in [3.63, 3.8) is 0 Å². The SMILES string of the molecule is CCc1sc2nc(Cl)nc(Cl)c2c1-c1ccc(C)cc1. The van der Waals surface area contributed by atoms with Crippen LogP contribution in [0.3, 0.4) is 0 Å². The molecule has 0 saturated heterocycles. The van der Waals surface area contributed by atoms with Crippen molar-refractivity contribution in [1.29, 1.82) is 0 Å². The van der Waals surface area contributed by atoms with Gasteiger partial charge in [0.1, 0.15) is 9.98 Å². The first kappa shape index (κ1) is 13.8. The second-order valence-corrected chi connectivity index (χ2v) is 6.36. The van der Waals surface area contributed by atoms with Gasteiger partial charge in [0.05, 0.1) is 5.39 Å². The molecule has 2 aromatic heterocycles. The summed E-state index contributed by atoms with van der Waals surface area (Å²) in [7, 11) is 0. The smallest absolute Gasteiger partial charge is 0.207 e. The number of rotatable bonds is 2. The molecule has 0 aliphatic carbocycles. The molecule has 0 amide bonds. The van der Waals surface area contributed by atoms with E-state index in [1.54, 1.807) is 11.3 Å². The van der Waals surface area contributed by atoms with Gasteiger partial charge in [-0.25, -0.2) is 9.97 Å². The number of fused-ring (bicyclic) bond motifs is 1. The maximum atomic E-state index is 6.29. The fourth-order valence-corrected chi connectivity index (χ4v) is 3.97. The van der Waals surface area contributed by atoms with Crippen molar-refractivity contribution in [2.24, 2.45) is 0 Å². The van der Waals surface area contributed by atoms with Crippen molar-refractivity contribution >= 4 is 44.8 Å². The Labute approximate surface area is 131 Å². The molecule has 2 nitrogen and oxygen atoms in total. The summed E-state index contributed by atoms with van der Waals surface area (Å²) in [6.45, 7) is 4.21. The van der Waals surface area contributed by atoms with Crippen LogP contribution in [0.15, 0.2) is 24.3 Å². The molecule has 2 heterocycles. The van der Waals surface area contributed by atoms with Gasteiger partial charge in [-0.2, -0.15) is 0 Å². The standard InChI is InChI=1S/C15H12Cl2N2S/c1-3-10-11(9-6-4-8(2)5-7-9)12-13(16)18-15(17)19-14(12)20-10/h4-7H,3H2,1-2H3. The molecular formula is C15H12Cl2N2S. The van der Waals surface area contributed by atoms with Gasteiger partial charge >= 0.3 is 0 Å². The van der Waals surface area contributed by atoms with Crippen molar-refractivity contribution in [1.82, 2.24) is 9.97 Å². The highest BCUT2D eigenvalue weighted by Gasteiger charge is 2.18. The van der Waals surface area contributed by atoms with E-state index in [2.05, 4.69) is 48.1 Å². The molecule has 0 aliphatic heterocycles. The molecule has 0 saturated carbocycles. The van der Waals surface area contributed by atoms with Crippen LogP contribution in [0, 0.1) is 6.92 Å². The van der Waals surface area contributed by atoms with Crippen LogP contribution < -0.4 is 0 Å². The second kappa shape index (κ2) is 5.32. The van der Waals surface area contributed by atoms with Gasteiger partial charge in [-0.15, -0.1) is 11.3 Å². The molecule has 20 heavy (non-hydrogen) atoms. The normalized spacial score (nSPS) is 11.2. The summed E-state index contributed by atoms with van der Waals surface area (Å²) in [5, 5.41) is 1.52. The molecule has 0 fully saturated rings. The Bertz CT molecular complexity index is 779. The summed E-state index contributed by atoms with van der Waals surface area (Å²) in [4.78, 5) is 10.5. The third-order valence-corrected chi connectivity index (χ3v) is 4.88. The lowest BCUT2D eigenvalue weighted by atomic mass is 10.0. The first-order valence-corrected chi connectivity index (χ1v) is 7.89.